The highest BCUT2D eigenvalue weighted by Gasteiger charge is 2.45. The van der Waals surface area contributed by atoms with Crippen LogP contribution in [0.15, 0.2) is 0 Å². The molecule has 0 saturated carbocycles. The standard InChI is InChI=1S/C18H33N2O9P/c1-11(22)19-15-17(25)16(24)13(9-21)29-18(15)27-8-3-2-6-14(23)20-7-4-5-12(20)10-28-30-26/h12-13,15-18,21,24-26,30H,2-10H2,1H3,(H,19,22)/t12-,13?,15?,16?,17?,18?/m0/s1. The number of carbonyl (C=O) groups is 2. The molecule has 0 spiro atoms. The van der Waals surface area contributed by atoms with Crippen molar-refractivity contribution in [1.82, 2.24) is 10.2 Å². The SMILES string of the molecule is CC(=O)NC1C(OCCCCC(=O)N2CCC[C@H]2COPO)OC(CO)C(O)C1O. The number of aliphatic hydroxyl groups excluding tert-OH is 3. The van der Waals surface area contributed by atoms with E-state index < -0.39 is 52.2 Å². The Bertz CT molecular complexity index is 556. The minimum Gasteiger partial charge on any atom is -0.394 e. The highest BCUT2D eigenvalue weighted by atomic mass is 31.1. The number of hydrogen-bond acceptors (Lipinski definition) is 9. The smallest absolute Gasteiger partial charge is 0.222 e. The van der Waals surface area contributed by atoms with Gasteiger partial charge in [-0.2, -0.15) is 0 Å². The molecule has 0 aromatic heterocycles. The third-order valence-electron chi connectivity index (χ3n) is 5.36. The topological polar surface area (TPSA) is 158 Å². The number of carbonyl (C=O) groups excluding carboxylic acids is 2. The molecule has 7 atom stereocenters. The summed E-state index contributed by atoms with van der Waals surface area (Å²) in [5.74, 6) is -0.381. The van der Waals surface area contributed by atoms with Crippen LogP contribution in [0.3, 0.4) is 0 Å². The maximum absolute atomic E-state index is 12.4. The first-order valence-electron chi connectivity index (χ1n) is 10.2. The second-order valence-electron chi connectivity index (χ2n) is 7.55. The lowest BCUT2D eigenvalue weighted by atomic mass is 9.97. The minimum absolute atomic E-state index is 0.00535. The highest BCUT2D eigenvalue weighted by Crippen LogP contribution is 2.23. The molecule has 2 heterocycles. The minimum atomic E-state index is -1.35. The lowest BCUT2D eigenvalue weighted by molar-refractivity contribution is -0.270. The van der Waals surface area contributed by atoms with Crippen molar-refractivity contribution in [1.29, 1.82) is 0 Å². The first-order valence-corrected chi connectivity index (χ1v) is 11.1. The molecule has 0 bridgehead atoms. The Morgan fingerprint density at radius 1 is 1.27 bits per heavy atom. The van der Waals surface area contributed by atoms with Crippen molar-refractivity contribution in [3.05, 3.63) is 0 Å². The molecule has 2 saturated heterocycles. The molecule has 0 aromatic rings. The molecule has 2 amide bonds. The van der Waals surface area contributed by atoms with Crippen LogP contribution in [-0.4, -0.2) is 100.0 Å². The van der Waals surface area contributed by atoms with Gasteiger partial charge in [0, 0.05) is 26.5 Å². The zero-order valence-electron chi connectivity index (χ0n) is 17.1. The third-order valence-corrected chi connectivity index (χ3v) is 5.65. The van der Waals surface area contributed by atoms with Gasteiger partial charge in [0.2, 0.25) is 11.8 Å². The number of nitrogens with one attached hydrogen (secondary N) is 1. The maximum Gasteiger partial charge on any atom is 0.222 e. The molecule has 5 N–H and O–H groups in total. The van der Waals surface area contributed by atoms with Gasteiger partial charge in [-0.3, -0.25) is 9.59 Å². The van der Waals surface area contributed by atoms with E-state index in [1.54, 1.807) is 4.90 Å². The number of hydrogen-bond donors (Lipinski definition) is 5. The van der Waals surface area contributed by atoms with Gasteiger partial charge in [0.15, 0.2) is 15.3 Å². The van der Waals surface area contributed by atoms with Gasteiger partial charge in [-0.05, 0) is 25.7 Å². The van der Waals surface area contributed by atoms with Crippen molar-refractivity contribution in [2.45, 2.75) is 75.7 Å². The number of likely N-dealkylation sites (tertiary alicyclic amines) is 1. The summed E-state index contributed by atoms with van der Waals surface area (Å²) >= 11 is 0. The summed E-state index contributed by atoms with van der Waals surface area (Å²) in [6, 6.07) is -0.967. The lowest BCUT2D eigenvalue weighted by Crippen LogP contribution is -2.64. The number of nitrogens with zero attached hydrogens (tertiary/aromatic N) is 1. The van der Waals surface area contributed by atoms with Crippen LogP contribution in [0.1, 0.15) is 39.0 Å². The molecule has 2 rings (SSSR count). The molecule has 2 fully saturated rings. The van der Waals surface area contributed by atoms with E-state index in [4.69, 9.17) is 18.9 Å². The molecule has 6 unspecified atom stereocenters. The predicted molar refractivity (Wildman–Crippen MR) is 106 cm³/mol. The summed E-state index contributed by atoms with van der Waals surface area (Å²) in [7, 11) is -0.581. The zero-order valence-corrected chi connectivity index (χ0v) is 18.1. The van der Waals surface area contributed by atoms with E-state index in [0.29, 0.717) is 32.4 Å². The van der Waals surface area contributed by atoms with E-state index in [1.165, 1.54) is 6.92 Å². The van der Waals surface area contributed by atoms with Crippen LogP contribution in [0.25, 0.3) is 0 Å². The second kappa shape index (κ2) is 12.8. The van der Waals surface area contributed by atoms with Gasteiger partial charge in [-0.15, -0.1) is 0 Å². The van der Waals surface area contributed by atoms with Crippen LogP contribution < -0.4 is 5.32 Å². The monoisotopic (exact) mass is 452 g/mol. The van der Waals surface area contributed by atoms with Crippen LogP contribution in [0.2, 0.25) is 0 Å². The molecule has 11 nitrogen and oxygen atoms in total. The first kappa shape index (κ1) is 25.4. The average molecular weight is 452 g/mol. The Hall–Kier alpha value is -0.910. The molecule has 0 aliphatic carbocycles. The van der Waals surface area contributed by atoms with E-state index in [1.807, 2.05) is 0 Å². The molecule has 2 aliphatic rings. The number of aliphatic hydroxyl groups is 3. The molecule has 12 heteroatoms. The van der Waals surface area contributed by atoms with Crippen molar-refractivity contribution < 1.29 is 43.8 Å². The summed E-state index contributed by atoms with van der Waals surface area (Å²) in [5, 5.41) is 32.0. The molecule has 0 radical (unpaired) electrons. The summed E-state index contributed by atoms with van der Waals surface area (Å²) in [6.45, 7) is 2.02. The van der Waals surface area contributed by atoms with Gasteiger partial charge in [0.05, 0.1) is 19.3 Å². The molecule has 0 aromatic carbocycles. The van der Waals surface area contributed by atoms with Crippen molar-refractivity contribution >= 4 is 20.8 Å². The van der Waals surface area contributed by atoms with Crippen LogP contribution in [0, 0.1) is 0 Å². The fourth-order valence-electron chi connectivity index (χ4n) is 3.81. The van der Waals surface area contributed by atoms with Gasteiger partial charge in [-0.25, -0.2) is 0 Å². The average Bonchev–Trinajstić information content (AvgIpc) is 3.19. The van der Waals surface area contributed by atoms with Crippen molar-refractivity contribution in [3.8, 4) is 0 Å². The Morgan fingerprint density at radius 3 is 2.70 bits per heavy atom. The van der Waals surface area contributed by atoms with Gasteiger partial charge < -0.3 is 44.4 Å². The second-order valence-corrected chi connectivity index (χ2v) is 8.02. The fraction of sp³-hybridized carbons (Fsp3) is 0.889. The molecule has 30 heavy (non-hydrogen) atoms. The first-order chi connectivity index (χ1) is 14.4. The van der Waals surface area contributed by atoms with Crippen LogP contribution in [0.4, 0.5) is 0 Å². The van der Waals surface area contributed by atoms with Crippen molar-refractivity contribution in [2.75, 3.05) is 26.4 Å². The van der Waals surface area contributed by atoms with Gasteiger partial charge in [-0.1, -0.05) is 0 Å². The summed E-state index contributed by atoms with van der Waals surface area (Å²) < 4.78 is 16.2. The van der Waals surface area contributed by atoms with Crippen LogP contribution in [0.5, 0.6) is 0 Å². The van der Waals surface area contributed by atoms with E-state index in [9.17, 15) is 24.9 Å². The molecular formula is C18H33N2O9P. The molecule has 174 valence electrons. The van der Waals surface area contributed by atoms with Crippen molar-refractivity contribution in [2.24, 2.45) is 0 Å². The highest BCUT2D eigenvalue weighted by molar-refractivity contribution is 7.24. The largest absolute Gasteiger partial charge is 0.394 e. The molecule has 2 aliphatic heterocycles. The zero-order chi connectivity index (χ0) is 22.1. The van der Waals surface area contributed by atoms with E-state index in [2.05, 4.69) is 5.32 Å². The van der Waals surface area contributed by atoms with Gasteiger partial charge >= 0.3 is 0 Å². The van der Waals surface area contributed by atoms with Gasteiger partial charge in [0.1, 0.15) is 24.4 Å². The Morgan fingerprint density at radius 2 is 2.03 bits per heavy atom. The van der Waals surface area contributed by atoms with E-state index >= 15 is 0 Å². The predicted octanol–water partition coefficient (Wildman–Crippen LogP) is -1.37. The quantitative estimate of drug-likeness (QED) is 0.188. The number of unbranched alkanes of at least 4 members (excludes halogenated alkanes) is 1. The summed E-state index contributed by atoms with van der Waals surface area (Å²) in [5.41, 5.74) is 0. The normalized spacial score (nSPS) is 32.1. The van der Waals surface area contributed by atoms with E-state index in [-0.39, 0.29) is 18.6 Å². The fourth-order valence-corrected chi connectivity index (χ4v) is 4.07. The lowest BCUT2D eigenvalue weighted by Gasteiger charge is -2.42. The van der Waals surface area contributed by atoms with Crippen molar-refractivity contribution in [3.63, 3.8) is 0 Å². The van der Waals surface area contributed by atoms with Crippen LogP contribution in [-0.2, 0) is 23.6 Å². The Kier molecular flexibility index (Phi) is 10.8. The van der Waals surface area contributed by atoms with E-state index in [0.717, 1.165) is 12.8 Å². The Labute approximate surface area is 177 Å². The molecular weight excluding hydrogens is 419 g/mol. The third kappa shape index (κ3) is 7.06. The summed E-state index contributed by atoms with van der Waals surface area (Å²) in [4.78, 5) is 34.4. The number of rotatable bonds is 11. The Balaban J connectivity index is 1.76. The number of ether oxygens (including phenoxy) is 2. The van der Waals surface area contributed by atoms with Crippen LogP contribution >= 0.6 is 9.03 Å². The maximum atomic E-state index is 12.4. The number of amides is 2. The van der Waals surface area contributed by atoms with Gasteiger partial charge in [0.25, 0.3) is 0 Å². The summed E-state index contributed by atoms with van der Waals surface area (Å²) in [6.07, 6.45) is -1.49.